The number of fused-ring (bicyclic) bond motifs is 1. The monoisotopic (exact) mass is 465 g/mol. The van der Waals surface area contributed by atoms with E-state index in [1.165, 1.54) is 16.9 Å². The van der Waals surface area contributed by atoms with Gasteiger partial charge in [0.05, 0.1) is 29.6 Å². The number of anilines is 1. The summed E-state index contributed by atoms with van der Waals surface area (Å²) in [4.78, 5) is 22.8. The zero-order chi connectivity index (χ0) is 23.5. The van der Waals surface area contributed by atoms with E-state index >= 15 is 0 Å². The van der Waals surface area contributed by atoms with E-state index in [9.17, 15) is 4.79 Å². The molecule has 0 aliphatic rings. The molecule has 5 nitrogen and oxygen atoms in total. The molecule has 1 N–H and O–H groups in total. The van der Waals surface area contributed by atoms with Crippen molar-refractivity contribution in [3.8, 4) is 28.3 Å². The maximum atomic E-state index is 13.4. The van der Waals surface area contributed by atoms with Gasteiger partial charge in [0.25, 0.3) is 5.91 Å². The largest absolute Gasteiger partial charge is 0.497 e. The third-order valence-electron chi connectivity index (χ3n) is 5.71. The lowest BCUT2D eigenvalue weighted by molar-refractivity contribution is 0.102. The molecule has 1 amide bonds. The second kappa shape index (κ2) is 9.45. The highest BCUT2D eigenvalue weighted by Gasteiger charge is 2.16. The van der Waals surface area contributed by atoms with Crippen molar-refractivity contribution in [1.29, 1.82) is 0 Å². The van der Waals surface area contributed by atoms with E-state index < -0.39 is 0 Å². The van der Waals surface area contributed by atoms with Crippen molar-refractivity contribution in [3.05, 3.63) is 95.4 Å². The van der Waals surface area contributed by atoms with Crippen LogP contribution in [0.5, 0.6) is 5.75 Å². The van der Waals surface area contributed by atoms with Gasteiger partial charge in [0.1, 0.15) is 5.75 Å². The highest BCUT2D eigenvalue weighted by molar-refractivity contribution is 7.14. The van der Waals surface area contributed by atoms with E-state index in [1.54, 1.807) is 7.11 Å². The van der Waals surface area contributed by atoms with Gasteiger partial charge in [-0.2, -0.15) is 0 Å². The molecule has 5 aromatic rings. The molecule has 0 radical (unpaired) electrons. The van der Waals surface area contributed by atoms with Crippen LogP contribution in [0.4, 0.5) is 5.13 Å². The topological polar surface area (TPSA) is 64.1 Å². The fraction of sp³-hybridized carbons (Fsp3) is 0.107. The van der Waals surface area contributed by atoms with E-state index in [1.807, 2.05) is 60.0 Å². The van der Waals surface area contributed by atoms with Crippen molar-refractivity contribution < 1.29 is 9.53 Å². The van der Waals surface area contributed by atoms with Crippen molar-refractivity contribution in [2.24, 2.45) is 0 Å². The van der Waals surface area contributed by atoms with Gasteiger partial charge in [0, 0.05) is 21.9 Å². The summed E-state index contributed by atoms with van der Waals surface area (Å²) < 4.78 is 5.36. The summed E-state index contributed by atoms with van der Waals surface area (Å²) >= 11 is 1.41. The van der Waals surface area contributed by atoms with Crippen LogP contribution >= 0.6 is 11.3 Å². The Labute approximate surface area is 202 Å². The average Bonchev–Trinajstić information content (AvgIpc) is 3.36. The van der Waals surface area contributed by atoms with Crippen LogP contribution in [-0.4, -0.2) is 23.0 Å². The number of nitrogens with one attached hydrogen (secondary N) is 1. The molecule has 5 rings (SSSR count). The number of amides is 1. The van der Waals surface area contributed by atoms with Gasteiger partial charge in [0.15, 0.2) is 5.13 Å². The number of hydrogen-bond donors (Lipinski definition) is 1. The number of hydrogen-bond acceptors (Lipinski definition) is 5. The van der Waals surface area contributed by atoms with Crippen LogP contribution in [0.2, 0.25) is 0 Å². The van der Waals surface area contributed by atoms with Crippen molar-refractivity contribution in [1.82, 2.24) is 9.97 Å². The van der Waals surface area contributed by atoms with E-state index in [0.717, 1.165) is 39.9 Å². The molecule has 2 aromatic heterocycles. The van der Waals surface area contributed by atoms with Gasteiger partial charge in [-0.25, -0.2) is 9.97 Å². The number of aryl methyl sites for hydroxylation is 1. The number of thiazole rings is 1. The molecular formula is C28H23N3O2S. The minimum absolute atomic E-state index is 0.218. The molecule has 0 bridgehead atoms. The number of rotatable bonds is 6. The third kappa shape index (κ3) is 4.40. The number of ether oxygens (including phenoxy) is 1. The molecule has 3 aromatic carbocycles. The molecule has 6 heteroatoms. The van der Waals surface area contributed by atoms with Crippen LogP contribution in [0.3, 0.4) is 0 Å². The fourth-order valence-corrected chi connectivity index (χ4v) is 4.55. The molecule has 0 fully saturated rings. The molecule has 0 atom stereocenters. The van der Waals surface area contributed by atoms with Crippen LogP contribution in [0.25, 0.3) is 33.4 Å². The number of para-hydroxylation sites is 1. The Morgan fingerprint density at radius 3 is 2.53 bits per heavy atom. The summed E-state index contributed by atoms with van der Waals surface area (Å²) in [5.74, 6) is 0.519. The van der Waals surface area contributed by atoms with Crippen LogP contribution < -0.4 is 10.1 Å². The van der Waals surface area contributed by atoms with E-state index in [0.29, 0.717) is 16.4 Å². The molecule has 0 saturated carbocycles. The minimum atomic E-state index is -0.218. The predicted octanol–water partition coefficient (Wildman–Crippen LogP) is 6.85. The molecule has 0 aliphatic carbocycles. The average molecular weight is 466 g/mol. The van der Waals surface area contributed by atoms with Crippen LogP contribution in [0.1, 0.15) is 22.8 Å². The summed E-state index contributed by atoms with van der Waals surface area (Å²) in [5, 5.41) is 6.29. The summed E-state index contributed by atoms with van der Waals surface area (Å²) in [6.07, 6.45) is 0.996. The van der Waals surface area contributed by atoms with E-state index in [2.05, 4.69) is 41.5 Å². The van der Waals surface area contributed by atoms with Crippen LogP contribution in [0.15, 0.2) is 84.2 Å². The third-order valence-corrected chi connectivity index (χ3v) is 6.47. The zero-order valence-electron chi connectivity index (χ0n) is 18.9. The standard InChI is InChI=1S/C28H23N3O2S/c1-3-18-11-13-19(14-12-18)26-17-34-28(30-26)31-27(32)23-16-25(20-7-6-8-21(15-20)33-2)29-24-10-5-4-9-22(23)24/h4-17H,3H2,1-2H3,(H,30,31,32). The SMILES string of the molecule is CCc1ccc(-c2csc(NC(=O)c3cc(-c4cccc(OC)c4)nc4ccccc34)n2)cc1. The first-order valence-electron chi connectivity index (χ1n) is 11.0. The summed E-state index contributed by atoms with van der Waals surface area (Å²) in [7, 11) is 1.63. The molecule has 0 aliphatic heterocycles. The Kier molecular flexibility index (Phi) is 6.06. The quantitative estimate of drug-likeness (QED) is 0.298. The van der Waals surface area contributed by atoms with Gasteiger partial charge in [-0.1, -0.05) is 61.5 Å². The minimum Gasteiger partial charge on any atom is -0.497 e. The second-order valence-electron chi connectivity index (χ2n) is 7.85. The molecule has 2 heterocycles. The van der Waals surface area contributed by atoms with Crippen LogP contribution in [-0.2, 0) is 6.42 Å². The first kappa shape index (κ1) is 21.8. The lowest BCUT2D eigenvalue weighted by atomic mass is 10.0. The van der Waals surface area contributed by atoms with Crippen molar-refractivity contribution >= 4 is 33.3 Å². The fourth-order valence-electron chi connectivity index (χ4n) is 3.83. The molecule has 0 spiro atoms. The first-order valence-corrected chi connectivity index (χ1v) is 11.9. The molecule has 0 saturated heterocycles. The second-order valence-corrected chi connectivity index (χ2v) is 8.70. The van der Waals surface area contributed by atoms with Crippen molar-refractivity contribution in [3.63, 3.8) is 0 Å². The number of benzene rings is 3. The van der Waals surface area contributed by atoms with E-state index in [4.69, 9.17) is 9.72 Å². The lowest BCUT2D eigenvalue weighted by Crippen LogP contribution is -2.13. The maximum Gasteiger partial charge on any atom is 0.258 e. The van der Waals surface area contributed by atoms with Crippen LogP contribution in [0, 0.1) is 0 Å². The molecule has 0 unspecified atom stereocenters. The molecule has 168 valence electrons. The number of aromatic nitrogens is 2. The Morgan fingerprint density at radius 1 is 0.912 bits per heavy atom. The highest BCUT2D eigenvalue weighted by Crippen LogP contribution is 2.29. The van der Waals surface area contributed by atoms with E-state index in [-0.39, 0.29) is 5.91 Å². The first-order chi connectivity index (χ1) is 16.6. The Balaban J connectivity index is 1.47. The van der Waals surface area contributed by atoms with Gasteiger partial charge < -0.3 is 4.74 Å². The Hall–Kier alpha value is -4.03. The lowest BCUT2D eigenvalue weighted by Gasteiger charge is -2.10. The highest BCUT2D eigenvalue weighted by atomic mass is 32.1. The van der Waals surface area contributed by atoms with Gasteiger partial charge in [-0.3, -0.25) is 10.1 Å². The van der Waals surface area contributed by atoms with Gasteiger partial charge in [0.2, 0.25) is 0 Å². The predicted molar refractivity (Wildman–Crippen MR) is 139 cm³/mol. The number of carbonyl (C=O) groups excluding carboxylic acids is 1. The Bertz CT molecular complexity index is 1480. The Morgan fingerprint density at radius 2 is 1.74 bits per heavy atom. The van der Waals surface area contributed by atoms with Crippen molar-refractivity contribution in [2.45, 2.75) is 13.3 Å². The number of carbonyl (C=O) groups is 1. The number of pyridine rings is 1. The summed E-state index contributed by atoms with van der Waals surface area (Å²) in [6, 6.07) is 25.5. The normalized spacial score (nSPS) is 10.9. The van der Waals surface area contributed by atoms with Crippen molar-refractivity contribution in [2.75, 3.05) is 12.4 Å². The number of nitrogens with zero attached hydrogens (tertiary/aromatic N) is 2. The summed E-state index contributed by atoms with van der Waals surface area (Å²) in [6.45, 7) is 2.13. The molecule has 34 heavy (non-hydrogen) atoms. The maximum absolute atomic E-state index is 13.4. The smallest absolute Gasteiger partial charge is 0.258 e. The molecular weight excluding hydrogens is 442 g/mol. The summed E-state index contributed by atoms with van der Waals surface area (Å²) in [5.41, 5.74) is 6.05. The van der Waals surface area contributed by atoms with Gasteiger partial charge >= 0.3 is 0 Å². The van der Waals surface area contributed by atoms with Gasteiger partial charge in [-0.15, -0.1) is 11.3 Å². The zero-order valence-corrected chi connectivity index (χ0v) is 19.7. The van der Waals surface area contributed by atoms with Gasteiger partial charge in [-0.05, 0) is 36.2 Å². The number of methoxy groups -OCH3 is 1.